The van der Waals surface area contributed by atoms with Crippen molar-refractivity contribution in [2.45, 2.75) is 12.5 Å². The van der Waals surface area contributed by atoms with Crippen LogP contribution in [0.15, 0.2) is 4.99 Å². The third-order valence-electron chi connectivity index (χ3n) is 2.23. The van der Waals surface area contributed by atoms with E-state index in [2.05, 4.69) is 4.99 Å². The van der Waals surface area contributed by atoms with Crippen molar-refractivity contribution in [3.05, 3.63) is 0 Å². The van der Waals surface area contributed by atoms with Gasteiger partial charge < -0.3 is 22.3 Å². The molecule has 1 rings (SSSR count). The summed E-state index contributed by atoms with van der Waals surface area (Å²) in [5.41, 5.74) is 15.7. The highest BCUT2D eigenvalue weighted by molar-refractivity contribution is 5.85. The van der Waals surface area contributed by atoms with Crippen LogP contribution < -0.4 is 17.2 Å². The molecule has 0 radical (unpaired) electrons. The van der Waals surface area contributed by atoms with Crippen molar-refractivity contribution in [1.82, 2.24) is 0 Å². The van der Waals surface area contributed by atoms with Crippen LogP contribution in [-0.4, -0.2) is 29.6 Å². The largest absolute Gasteiger partial charge is 0.480 e. The van der Waals surface area contributed by atoms with Gasteiger partial charge in [-0.05, 0) is 18.3 Å². The van der Waals surface area contributed by atoms with Gasteiger partial charge in [0.25, 0.3) is 0 Å². The monoisotopic (exact) mass is 258 g/mol. The Kier molecular flexibility index (Phi) is 7.47. The number of hydrogen-bond acceptors (Lipinski definition) is 3. The third-order valence-corrected chi connectivity index (χ3v) is 2.23. The molecule has 1 fully saturated rings. The third kappa shape index (κ3) is 5.06. The molecule has 0 aromatic heterocycles. The predicted octanol–water partition coefficient (Wildman–Crippen LogP) is -0.849. The number of carboxylic acids is 1. The Morgan fingerprint density at radius 3 is 2.40 bits per heavy atom. The number of guanidine groups is 1. The molecule has 0 unspecified atom stereocenters. The van der Waals surface area contributed by atoms with E-state index in [-0.39, 0.29) is 42.6 Å². The summed E-state index contributed by atoms with van der Waals surface area (Å²) in [5.74, 6) is -0.666. The Bertz CT molecular complexity index is 245. The summed E-state index contributed by atoms with van der Waals surface area (Å²) in [6, 6.07) is -0.779. The van der Waals surface area contributed by atoms with Crippen LogP contribution in [0.5, 0.6) is 0 Å². The number of nitrogens with zero attached hydrogens (tertiary/aromatic N) is 1. The van der Waals surface area contributed by atoms with Gasteiger partial charge in [-0.3, -0.25) is 9.79 Å². The molecule has 90 valence electrons. The van der Waals surface area contributed by atoms with E-state index in [1.54, 1.807) is 0 Å². The fourth-order valence-electron chi connectivity index (χ4n) is 1.33. The zero-order valence-corrected chi connectivity index (χ0v) is 9.63. The first-order chi connectivity index (χ1) is 6.02. The predicted molar refractivity (Wildman–Crippen MR) is 62.4 cm³/mol. The lowest BCUT2D eigenvalue weighted by Crippen LogP contribution is -2.33. The maximum atomic E-state index is 10.5. The van der Waals surface area contributed by atoms with E-state index in [9.17, 15) is 4.79 Å². The lowest BCUT2D eigenvalue weighted by Gasteiger charge is -2.03. The quantitative estimate of drug-likeness (QED) is 0.386. The van der Waals surface area contributed by atoms with Crippen LogP contribution in [0, 0.1) is 11.8 Å². The molecule has 0 spiro atoms. The Balaban J connectivity index is 0. The lowest BCUT2D eigenvalue weighted by atomic mass is 10.1. The molecule has 6 nitrogen and oxygen atoms in total. The molecule has 0 aliphatic heterocycles. The minimum atomic E-state index is -0.961. The highest BCUT2D eigenvalue weighted by Gasteiger charge is 2.44. The molecule has 8 heteroatoms. The van der Waals surface area contributed by atoms with E-state index in [1.807, 2.05) is 0 Å². The number of nitrogens with two attached hydrogens (primary N) is 3. The van der Waals surface area contributed by atoms with Crippen LogP contribution in [-0.2, 0) is 4.79 Å². The molecule has 0 saturated heterocycles. The van der Waals surface area contributed by atoms with Crippen LogP contribution in [0.25, 0.3) is 0 Å². The Labute approximate surface area is 100 Å². The Morgan fingerprint density at radius 2 is 2.00 bits per heavy atom. The van der Waals surface area contributed by atoms with Crippen LogP contribution in [0.4, 0.5) is 0 Å². The number of rotatable bonds is 4. The number of carboxylic acid groups (broad SMARTS) is 1. The number of hydrogen-bond donors (Lipinski definition) is 4. The standard InChI is InChI=1S/C7H14N4O2.2ClH/c8-5(6(12)13)4-1-3(4)2-11-7(9)10;;/h3-5H,1-2,8H2,(H,12,13)(H4,9,10,11);2*1H/t3-,4-,5-;;/m1../s1. The molecule has 1 aliphatic rings. The summed E-state index contributed by atoms with van der Waals surface area (Å²) >= 11 is 0. The molecular weight excluding hydrogens is 243 g/mol. The van der Waals surface area contributed by atoms with Gasteiger partial charge in [0.1, 0.15) is 6.04 Å². The fraction of sp³-hybridized carbons (Fsp3) is 0.714. The second-order valence-corrected chi connectivity index (χ2v) is 3.29. The van der Waals surface area contributed by atoms with E-state index in [0.29, 0.717) is 6.54 Å². The molecule has 0 aromatic carbocycles. The minimum absolute atomic E-state index is 0. The van der Waals surface area contributed by atoms with Crippen LogP contribution >= 0.6 is 24.8 Å². The summed E-state index contributed by atoms with van der Waals surface area (Å²) in [6.45, 7) is 0.480. The molecule has 3 atom stereocenters. The van der Waals surface area contributed by atoms with Gasteiger partial charge in [0.2, 0.25) is 0 Å². The number of carbonyl (C=O) groups is 1. The van der Waals surface area contributed by atoms with E-state index < -0.39 is 12.0 Å². The van der Waals surface area contributed by atoms with Crippen LogP contribution in [0.2, 0.25) is 0 Å². The zero-order chi connectivity index (χ0) is 10.0. The van der Waals surface area contributed by atoms with Gasteiger partial charge in [-0.25, -0.2) is 0 Å². The van der Waals surface area contributed by atoms with Crippen molar-refractivity contribution in [3.63, 3.8) is 0 Å². The van der Waals surface area contributed by atoms with E-state index >= 15 is 0 Å². The molecule has 1 saturated carbocycles. The smallest absolute Gasteiger partial charge is 0.320 e. The van der Waals surface area contributed by atoms with Gasteiger partial charge in [0.15, 0.2) is 5.96 Å². The second-order valence-electron chi connectivity index (χ2n) is 3.29. The van der Waals surface area contributed by atoms with Gasteiger partial charge in [-0.1, -0.05) is 0 Å². The van der Waals surface area contributed by atoms with E-state index in [0.717, 1.165) is 6.42 Å². The van der Waals surface area contributed by atoms with Gasteiger partial charge >= 0.3 is 5.97 Å². The average molecular weight is 259 g/mol. The lowest BCUT2D eigenvalue weighted by molar-refractivity contribution is -0.139. The summed E-state index contributed by atoms with van der Waals surface area (Å²) in [4.78, 5) is 14.3. The summed E-state index contributed by atoms with van der Waals surface area (Å²) in [6.07, 6.45) is 0.796. The first-order valence-electron chi connectivity index (χ1n) is 4.06. The normalized spacial score (nSPS) is 24.1. The molecule has 7 N–H and O–H groups in total. The number of aliphatic imine (C=N–C) groups is 1. The summed E-state index contributed by atoms with van der Waals surface area (Å²) < 4.78 is 0. The molecule has 1 aliphatic carbocycles. The number of halogens is 2. The maximum Gasteiger partial charge on any atom is 0.320 e. The van der Waals surface area contributed by atoms with Crippen LogP contribution in [0.3, 0.4) is 0 Å². The highest BCUT2D eigenvalue weighted by Crippen LogP contribution is 2.40. The van der Waals surface area contributed by atoms with Crippen LogP contribution in [0.1, 0.15) is 6.42 Å². The van der Waals surface area contributed by atoms with Gasteiger partial charge in [0, 0.05) is 6.54 Å². The SMILES string of the molecule is Cl.Cl.NC(N)=NC[C@H]1C[C@H]1[C@@H](N)C(=O)O. The Morgan fingerprint density at radius 1 is 1.47 bits per heavy atom. The van der Waals surface area contributed by atoms with Gasteiger partial charge in [-0.2, -0.15) is 0 Å². The molecule has 0 aromatic rings. The zero-order valence-electron chi connectivity index (χ0n) is 8.00. The topological polar surface area (TPSA) is 128 Å². The second kappa shape index (κ2) is 6.71. The van der Waals surface area contributed by atoms with Gasteiger partial charge in [-0.15, -0.1) is 24.8 Å². The van der Waals surface area contributed by atoms with Crippen molar-refractivity contribution >= 4 is 36.7 Å². The van der Waals surface area contributed by atoms with Crippen molar-refractivity contribution in [3.8, 4) is 0 Å². The van der Waals surface area contributed by atoms with Crippen molar-refractivity contribution in [2.24, 2.45) is 34.0 Å². The molecule has 0 bridgehead atoms. The highest BCUT2D eigenvalue weighted by atomic mass is 35.5. The molecule has 0 heterocycles. The van der Waals surface area contributed by atoms with Crippen molar-refractivity contribution in [1.29, 1.82) is 0 Å². The Hall–Kier alpha value is -0.720. The van der Waals surface area contributed by atoms with E-state index in [4.69, 9.17) is 22.3 Å². The van der Waals surface area contributed by atoms with Crippen molar-refractivity contribution in [2.75, 3.05) is 6.54 Å². The van der Waals surface area contributed by atoms with Gasteiger partial charge in [0.05, 0.1) is 0 Å². The average Bonchev–Trinajstić information content (AvgIpc) is 2.78. The minimum Gasteiger partial charge on any atom is -0.480 e. The maximum absolute atomic E-state index is 10.5. The molecular formula is C7H16Cl2N4O2. The molecule has 0 amide bonds. The number of aliphatic carboxylic acids is 1. The fourth-order valence-corrected chi connectivity index (χ4v) is 1.33. The summed E-state index contributed by atoms with van der Waals surface area (Å²) in [7, 11) is 0. The molecule has 15 heavy (non-hydrogen) atoms. The summed E-state index contributed by atoms with van der Waals surface area (Å²) in [5, 5.41) is 8.58. The first-order valence-corrected chi connectivity index (χ1v) is 4.06. The first kappa shape index (κ1) is 16.7. The van der Waals surface area contributed by atoms with Crippen molar-refractivity contribution < 1.29 is 9.90 Å². The van der Waals surface area contributed by atoms with E-state index in [1.165, 1.54) is 0 Å².